The van der Waals surface area contributed by atoms with Gasteiger partial charge in [0.05, 0.1) is 50.3 Å². The third-order valence-electron chi connectivity index (χ3n) is 16.1. The zero-order chi connectivity index (χ0) is 64.4. The maximum Gasteiger partial charge on any atom is 0.315 e. The number of hydrogen-bond acceptors (Lipinski definition) is 15. The molecule has 26 heteroatoms. The summed E-state index contributed by atoms with van der Waals surface area (Å²) in [5, 5.41) is 11.9. The third-order valence-corrected chi connectivity index (χ3v) is 17.6. The fraction of sp³-hybridized carbons (Fsp3) is 0.645. The average molecular weight is 1250 g/mol. The molecular weight excluding hydrogens is 1150 g/mol. The minimum Gasteiger partial charge on any atom is -0.368 e. The van der Waals surface area contributed by atoms with Crippen molar-refractivity contribution in [3.63, 3.8) is 0 Å². The number of amides is 11. The number of urea groups is 1. The van der Waals surface area contributed by atoms with E-state index < -0.39 is 85.7 Å². The summed E-state index contributed by atoms with van der Waals surface area (Å²) in [7, 11) is 0. The predicted molar refractivity (Wildman–Crippen MR) is 340 cm³/mol. The van der Waals surface area contributed by atoms with Crippen LogP contribution in [-0.4, -0.2) is 216 Å². The maximum absolute atomic E-state index is 15.0. The van der Waals surface area contributed by atoms with Gasteiger partial charge in [-0.1, -0.05) is 67.1 Å². The highest BCUT2D eigenvalue weighted by atomic mass is 32.2. The molecule has 11 amide bonds. The molecule has 0 radical (unpaired) electrons. The lowest BCUT2D eigenvalue weighted by molar-refractivity contribution is -0.149. The Labute approximate surface area is 524 Å². The number of fused-ring (bicyclic) bond motifs is 1. The quantitative estimate of drug-likeness (QED) is 0.0335. The van der Waals surface area contributed by atoms with E-state index in [1.54, 1.807) is 50.2 Å². The molecule has 0 bridgehead atoms. The van der Waals surface area contributed by atoms with Crippen LogP contribution in [0.15, 0.2) is 60.7 Å². The summed E-state index contributed by atoms with van der Waals surface area (Å²) >= 11 is 1.84. The Hall–Kier alpha value is -6.87. The van der Waals surface area contributed by atoms with Crippen molar-refractivity contribution in [3.05, 3.63) is 71.8 Å². The lowest BCUT2D eigenvalue weighted by Crippen LogP contribution is -2.53. The zero-order valence-electron chi connectivity index (χ0n) is 52.2. The molecule has 2 aliphatic heterocycles. The van der Waals surface area contributed by atoms with Gasteiger partial charge in [-0.2, -0.15) is 11.8 Å². The van der Waals surface area contributed by atoms with Crippen LogP contribution < -0.4 is 49.9 Å². The molecular formula is C62H101N15O10S. The Balaban J connectivity index is 1.50. The van der Waals surface area contributed by atoms with Crippen LogP contribution >= 0.6 is 11.8 Å². The molecule has 2 aromatic rings. The number of hydrogen-bond donors (Lipinski definition) is 9. The molecule has 2 saturated heterocycles. The summed E-state index contributed by atoms with van der Waals surface area (Å²) in [6.45, 7) is 4.74. The van der Waals surface area contributed by atoms with Gasteiger partial charge in [-0.3, -0.25) is 43.2 Å². The van der Waals surface area contributed by atoms with Gasteiger partial charge < -0.3 is 79.3 Å². The molecule has 2 heterocycles. The minimum atomic E-state index is -1.08. The summed E-state index contributed by atoms with van der Waals surface area (Å²) in [6.07, 6.45) is 8.16. The van der Waals surface area contributed by atoms with Crippen molar-refractivity contribution in [1.29, 1.82) is 0 Å². The highest BCUT2D eigenvalue weighted by molar-refractivity contribution is 8.00. The Bertz CT molecular complexity index is 2520. The number of nitrogens with zero attached hydrogens (tertiary/aromatic N) is 6. The van der Waals surface area contributed by atoms with Crippen molar-refractivity contribution >= 4 is 71.0 Å². The molecule has 4 rings (SSSR count). The molecule has 0 aliphatic carbocycles. The number of primary amides is 1. The molecule has 0 saturated carbocycles. The van der Waals surface area contributed by atoms with Crippen molar-refractivity contribution < 1.29 is 47.9 Å². The number of rotatable bonds is 44. The minimum absolute atomic E-state index is 0.0692. The molecule has 88 heavy (non-hydrogen) atoms. The predicted octanol–water partition coefficient (Wildman–Crippen LogP) is 1.44. The Morgan fingerprint density at radius 2 is 1.00 bits per heavy atom. The summed E-state index contributed by atoms with van der Waals surface area (Å²) in [6, 6.07) is 15.7. The molecule has 6 atom stereocenters. The molecule has 0 spiro atoms. The largest absolute Gasteiger partial charge is 0.368 e. The smallest absolute Gasteiger partial charge is 0.315 e. The summed E-state index contributed by atoms with van der Waals surface area (Å²) < 4.78 is 0. The molecule has 25 nitrogen and oxygen atoms in total. The second kappa shape index (κ2) is 40.6. The number of nitrogens with two attached hydrogens (primary N) is 5. The number of unbranched alkanes of at least 4 members (excludes halogenated alkanes) is 6. The molecule has 1 unspecified atom stereocenters. The number of carbonyl (C=O) groups excluding carboxylic acids is 10. The van der Waals surface area contributed by atoms with E-state index in [1.807, 2.05) is 36.0 Å². The van der Waals surface area contributed by atoms with E-state index in [1.165, 1.54) is 36.3 Å². The molecule has 2 aliphatic rings. The highest BCUT2D eigenvalue weighted by Crippen LogP contribution is 2.33. The number of carbonyl (C=O) groups is 10. The van der Waals surface area contributed by atoms with Gasteiger partial charge in [-0.15, -0.1) is 0 Å². The second-order valence-electron chi connectivity index (χ2n) is 22.8. The first-order chi connectivity index (χ1) is 42.3. The van der Waals surface area contributed by atoms with Crippen molar-refractivity contribution in [2.24, 2.45) is 28.7 Å². The lowest BCUT2D eigenvalue weighted by atomic mass is 10.0. The van der Waals surface area contributed by atoms with Gasteiger partial charge in [0.25, 0.3) is 0 Å². The Kier molecular flexibility index (Phi) is 34.0. The van der Waals surface area contributed by atoms with Gasteiger partial charge in [-0.25, -0.2) is 4.79 Å². The van der Waals surface area contributed by atoms with Crippen LogP contribution in [0.1, 0.15) is 140 Å². The number of benzene rings is 2. The highest BCUT2D eigenvalue weighted by Gasteiger charge is 2.42. The normalized spacial score (nSPS) is 16.0. The summed E-state index contributed by atoms with van der Waals surface area (Å²) in [5.41, 5.74) is 30.5. The SMILES string of the molecule is CC(=O)N(CCCCN)CC(=O)N(CCCCN)CC(=O)N(CCCCN)CC(=O)N(CC(=O)N(CCCCN)CC(=O)N(CC(=O)N[C@@H](CCCCNC(=O)CCCCC1SC[C@@H]2NC(=O)N[C@H]12)C(N)=O)[C@@H](C)c1ccccc1)[C@@H](C)c1ccccc1. The first-order valence-corrected chi connectivity index (χ1v) is 32.5. The van der Waals surface area contributed by atoms with E-state index in [2.05, 4.69) is 21.3 Å². The molecule has 2 aromatic carbocycles. The molecule has 2 fully saturated rings. The van der Waals surface area contributed by atoms with Crippen LogP contribution in [0.5, 0.6) is 0 Å². The van der Waals surface area contributed by atoms with Crippen molar-refractivity contribution in [2.75, 3.05) is 104 Å². The second-order valence-corrected chi connectivity index (χ2v) is 24.1. The van der Waals surface area contributed by atoms with E-state index in [0.29, 0.717) is 133 Å². The van der Waals surface area contributed by atoms with Gasteiger partial charge in [0, 0.05) is 57.1 Å². The van der Waals surface area contributed by atoms with Gasteiger partial charge in [0.1, 0.15) is 19.1 Å². The topological polar surface area (TPSA) is 368 Å². The Morgan fingerprint density at radius 1 is 0.545 bits per heavy atom. The number of thioether (sulfide) groups is 1. The molecule has 0 aromatic heterocycles. The van der Waals surface area contributed by atoms with Crippen LogP contribution in [0, 0.1) is 0 Å². The van der Waals surface area contributed by atoms with Crippen LogP contribution in [0.2, 0.25) is 0 Å². The molecule has 14 N–H and O–H groups in total. The fourth-order valence-corrected chi connectivity index (χ4v) is 12.3. The van der Waals surface area contributed by atoms with Gasteiger partial charge in [0.2, 0.25) is 53.2 Å². The number of nitrogens with one attached hydrogen (secondary N) is 4. The first kappa shape index (κ1) is 73.6. The van der Waals surface area contributed by atoms with Crippen LogP contribution in [-0.2, 0) is 43.2 Å². The van der Waals surface area contributed by atoms with Crippen molar-refractivity contribution in [2.45, 2.75) is 153 Å². The van der Waals surface area contributed by atoms with Gasteiger partial charge in [-0.05, 0) is 135 Å². The summed E-state index contributed by atoms with van der Waals surface area (Å²) in [5.74, 6) is -3.66. The van der Waals surface area contributed by atoms with Crippen LogP contribution in [0.4, 0.5) is 4.79 Å². The van der Waals surface area contributed by atoms with Crippen molar-refractivity contribution in [3.8, 4) is 0 Å². The van der Waals surface area contributed by atoms with Crippen LogP contribution in [0.25, 0.3) is 0 Å². The maximum atomic E-state index is 15.0. The lowest BCUT2D eigenvalue weighted by Gasteiger charge is -2.35. The average Bonchev–Trinajstić information content (AvgIpc) is 3.77. The van der Waals surface area contributed by atoms with Gasteiger partial charge >= 0.3 is 6.03 Å². The van der Waals surface area contributed by atoms with E-state index in [-0.39, 0.29) is 69.1 Å². The van der Waals surface area contributed by atoms with E-state index >= 15 is 0 Å². The van der Waals surface area contributed by atoms with E-state index in [9.17, 15) is 47.9 Å². The fourth-order valence-electron chi connectivity index (χ4n) is 10.7. The Morgan fingerprint density at radius 3 is 1.48 bits per heavy atom. The monoisotopic (exact) mass is 1250 g/mol. The van der Waals surface area contributed by atoms with Crippen LogP contribution in [0.3, 0.4) is 0 Å². The van der Waals surface area contributed by atoms with E-state index in [0.717, 1.165) is 18.6 Å². The first-order valence-electron chi connectivity index (χ1n) is 31.4. The van der Waals surface area contributed by atoms with E-state index in [4.69, 9.17) is 28.7 Å². The standard InChI is InChI=1S/C62H101N15O10S/c1-45(48-22-6-4-7-23-48)76(38-54(80)69-50(61(67)86)26-12-17-33-68-53(79)28-11-10-27-52-60-51(44-88-52)70-62(87)71-60)58(84)41-75(37-21-16-32-66)57(83)43-77(46(2)49-24-8-5-9-25-49)59(85)42-74(36-20-15-31-65)56(82)40-73(35-19-14-30-64)55(81)39-72(47(3)78)34-18-13-29-63/h4-9,22-25,45-46,50-52,60H,10-21,26-44,63-66H2,1-3H3,(H2,67,86)(H,68,79)(H,69,80)(H2,70,71,87)/t45-,46-,50-,51-,52?,60-/m0/s1. The molecule has 490 valence electrons. The third kappa shape index (κ3) is 25.7. The zero-order valence-corrected chi connectivity index (χ0v) is 53.0. The van der Waals surface area contributed by atoms with Crippen molar-refractivity contribution in [1.82, 2.24) is 50.7 Å². The summed E-state index contributed by atoms with van der Waals surface area (Å²) in [4.78, 5) is 145. The van der Waals surface area contributed by atoms with Gasteiger partial charge in [0.15, 0.2) is 0 Å².